The quantitative estimate of drug-likeness (QED) is 0.157. The molecule has 1 aromatic heterocycles. The molecule has 0 radical (unpaired) electrons. The number of anilines is 5. The molecule has 186 valence electrons. The number of benzene rings is 3. The zero-order chi connectivity index (χ0) is 26.4. The molecular formula is C24H21N9O4. The molecule has 37 heavy (non-hydrogen) atoms. The van der Waals surface area contributed by atoms with Gasteiger partial charge in [-0.2, -0.15) is 20.1 Å². The predicted molar refractivity (Wildman–Crippen MR) is 140 cm³/mol. The number of nitrogens with one attached hydrogen (secondary N) is 3. The first-order chi connectivity index (χ1) is 17.8. The van der Waals surface area contributed by atoms with Crippen LogP contribution in [0.5, 0.6) is 0 Å². The van der Waals surface area contributed by atoms with E-state index in [2.05, 4.69) is 36.1 Å². The second kappa shape index (κ2) is 10.9. The lowest BCUT2D eigenvalue weighted by atomic mass is 10.1. The molecule has 4 aromatic rings. The Balaban J connectivity index is 1.62. The smallest absolute Gasteiger partial charge is 0.278 e. The molecule has 0 unspecified atom stereocenters. The topological polar surface area (TPSA) is 173 Å². The fourth-order valence-corrected chi connectivity index (χ4v) is 3.20. The summed E-state index contributed by atoms with van der Waals surface area (Å²) in [6.45, 7) is 3.99. The predicted octanol–water partition coefficient (Wildman–Crippen LogP) is 5.24. The number of hydrazone groups is 1. The van der Waals surface area contributed by atoms with Gasteiger partial charge in [0.05, 0.1) is 21.6 Å². The number of hydrogen-bond acceptors (Lipinski definition) is 11. The lowest BCUT2D eigenvalue weighted by Gasteiger charge is -2.11. The Hall–Kier alpha value is -5.46. The summed E-state index contributed by atoms with van der Waals surface area (Å²) in [6.07, 6.45) is 1.29. The van der Waals surface area contributed by atoms with Crippen LogP contribution in [0.15, 0.2) is 71.8 Å². The zero-order valence-corrected chi connectivity index (χ0v) is 19.7. The summed E-state index contributed by atoms with van der Waals surface area (Å²) in [7, 11) is 0. The van der Waals surface area contributed by atoms with Gasteiger partial charge in [-0.1, -0.05) is 18.2 Å². The van der Waals surface area contributed by atoms with Crippen LogP contribution >= 0.6 is 0 Å². The van der Waals surface area contributed by atoms with Gasteiger partial charge in [-0.15, -0.1) is 0 Å². The minimum atomic E-state index is -0.498. The van der Waals surface area contributed by atoms with Crippen molar-refractivity contribution in [2.24, 2.45) is 5.10 Å². The molecule has 0 saturated heterocycles. The Kier molecular flexibility index (Phi) is 7.24. The molecule has 13 heteroatoms. The molecule has 0 fully saturated rings. The number of nitro groups is 2. The van der Waals surface area contributed by atoms with Crippen molar-refractivity contribution in [3.05, 3.63) is 104 Å². The lowest BCUT2D eigenvalue weighted by molar-refractivity contribution is -0.385. The Morgan fingerprint density at radius 2 is 1.38 bits per heavy atom. The van der Waals surface area contributed by atoms with E-state index in [4.69, 9.17) is 0 Å². The Labute approximate surface area is 210 Å². The molecule has 0 aliphatic rings. The first kappa shape index (κ1) is 24.7. The number of rotatable bonds is 9. The maximum Gasteiger partial charge on any atom is 0.278 e. The number of hydrogen-bond donors (Lipinski definition) is 3. The van der Waals surface area contributed by atoms with Crippen molar-refractivity contribution in [2.75, 3.05) is 16.1 Å². The van der Waals surface area contributed by atoms with Crippen molar-refractivity contribution in [2.45, 2.75) is 13.8 Å². The van der Waals surface area contributed by atoms with Crippen molar-refractivity contribution in [1.29, 1.82) is 0 Å². The molecule has 0 aliphatic heterocycles. The molecule has 0 saturated carbocycles. The van der Waals surface area contributed by atoms with Crippen molar-refractivity contribution < 1.29 is 9.85 Å². The van der Waals surface area contributed by atoms with Crippen molar-refractivity contribution in [1.82, 2.24) is 15.0 Å². The summed E-state index contributed by atoms with van der Waals surface area (Å²) in [4.78, 5) is 34.2. The largest absolute Gasteiger partial charge is 0.324 e. The first-order valence-corrected chi connectivity index (χ1v) is 10.9. The van der Waals surface area contributed by atoms with Gasteiger partial charge < -0.3 is 10.6 Å². The van der Waals surface area contributed by atoms with Crippen LogP contribution in [0.1, 0.15) is 16.7 Å². The van der Waals surface area contributed by atoms with Crippen LogP contribution < -0.4 is 16.1 Å². The van der Waals surface area contributed by atoms with Gasteiger partial charge in [0.15, 0.2) is 0 Å². The van der Waals surface area contributed by atoms with Gasteiger partial charge >= 0.3 is 0 Å². The van der Waals surface area contributed by atoms with E-state index >= 15 is 0 Å². The SMILES string of the molecule is Cc1ccc(Nc2nc(N/N=C/c3ccccc3[N+](=O)[O-])nc(Nc3ccc([N+](=O)[O-])cc3)n2)cc1C. The second-order valence-electron chi connectivity index (χ2n) is 7.85. The highest BCUT2D eigenvalue weighted by Crippen LogP contribution is 2.22. The molecule has 0 atom stereocenters. The fraction of sp³-hybridized carbons (Fsp3) is 0.0833. The maximum absolute atomic E-state index is 11.2. The number of aromatic nitrogens is 3. The summed E-state index contributed by atoms with van der Waals surface area (Å²) >= 11 is 0. The second-order valence-corrected chi connectivity index (χ2v) is 7.85. The normalized spacial score (nSPS) is 10.8. The van der Waals surface area contributed by atoms with Gasteiger partial charge in [0.25, 0.3) is 11.4 Å². The highest BCUT2D eigenvalue weighted by atomic mass is 16.6. The molecule has 1 heterocycles. The van der Waals surface area contributed by atoms with Crippen molar-refractivity contribution >= 4 is 46.8 Å². The van der Waals surface area contributed by atoms with Gasteiger partial charge in [-0.05, 0) is 55.3 Å². The minimum Gasteiger partial charge on any atom is -0.324 e. The standard InChI is InChI=1S/C24H21N9O4/c1-15-7-8-19(13-16(15)2)27-23-28-22(26-18-9-11-20(12-10-18)32(34)35)29-24(30-23)31-25-14-17-5-3-4-6-21(17)33(36)37/h3-14H,1-2H3,(H3,26,27,28,29,30,31)/b25-14+. The third-order valence-corrected chi connectivity index (χ3v) is 5.23. The van der Waals surface area contributed by atoms with Crippen molar-refractivity contribution in [3.8, 4) is 0 Å². The fourth-order valence-electron chi connectivity index (χ4n) is 3.20. The van der Waals surface area contributed by atoms with Crippen LogP contribution in [0, 0.1) is 34.1 Å². The molecule has 0 aliphatic carbocycles. The molecule has 0 bridgehead atoms. The van der Waals surface area contributed by atoms with E-state index in [1.165, 1.54) is 36.5 Å². The van der Waals surface area contributed by atoms with Crippen LogP contribution in [0.25, 0.3) is 0 Å². The molecule has 13 nitrogen and oxygen atoms in total. The summed E-state index contributed by atoms with van der Waals surface area (Å²) in [5.41, 5.74) is 6.31. The van der Waals surface area contributed by atoms with Crippen LogP contribution in [0.4, 0.5) is 40.6 Å². The minimum absolute atomic E-state index is 0.0509. The molecular weight excluding hydrogens is 478 g/mol. The van der Waals surface area contributed by atoms with E-state index in [1.807, 2.05) is 32.0 Å². The van der Waals surface area contributed by atoms with Crippen LogP contribution in [0.3, 0.4) is 0 Å². The van der Waals surface area contributed by atoms with E-state index in [-0.39, 0.29) is 29.2 Å². The molecule has 0 spiro atoms. The molecule has 0 amide bonds. The van der Waals surface area contributed by atoms with Gasteiger partial charge in [0.2, 0.25) is 17.8 Å². The maximum atomic E-state index is 11.2. The van der Waals surface area contributed by atoms with Gasteiger partial charge in [-0.3, -0.25) is 20.2 Å². The number of nitro benzene ring substituents is 2. The van der Waals surface area contributed by atoms with Crippen LogP contribution in [-0.4, -0.2) is 31.0 Å². The van der Waals surface area contributed by atoms with Crippen LogP contribution in [-0.2, 0) is 0 Å². The Morgan fingerprint density at radius 1 is 0.757 bits per heavy atom. The van der Waals surface area contributed by atoms with E-state index < -0.39 is 9.85 Å². The Bertz CT molecular complexity index is 1490. The highest BCUT2D eigenvalue weighted by molar-refractivity contribution is 5.85. The third-order valence-electron chi connectivity index (χ3n) is 5.23. The number of aryl methyl sites for hydroxylation is 2. The van der Waals surface area contributed by atoms with E-state index in [1.54, 1.807) is 18.2 Å². The highest BCUT2D eigenvalue weighted by Gasteiger charge is 2.12. The van der Waals surface area contributed by atoms with Gasteiger partial charge in [0.1, 0.15) is 0 Å². The van der Waals surface area contributed by atoms with E-state index in [9.17, 15) is 20.2 Å². The Morgan fingerprint density at radius 3 is 2.03 bits per heavy atom. The summed E-state index contributed by atoms with van der Waals surface area (Å²) in [6, 6.07) is 17.7. The number of nitrogens with zero attached hydrogens (tertiary/aromatic N) is 6. The van der Waals surface area contributed by atoms with E-state index in [0.29, 0.717) is 11.3 Å². The monoisotopic (exact) mass is 499 g/mol. The molecule has 3 aromatic carbocycles. The van der Waals surface area contributed by atoms with E-state index in [0.717, 1.165) is 16.8 Å². The van der Waals surface area contributed by atoms with Gasteiger partial charge in [0, 0.05) is 29.6 Å². The number of para-hydroxylation sites is 1. The summed E-state index contributed by atoms with van der Waals surface area (Å²) in [5.74, 6) is 0.394. The molecule has 3 N–H and O–H groups in total. The van der Waals surface area contributed by atoms with Crippen LogP contribution in [0.2, 0.25) is 0 Å². The molecule has 4 rings (SSSR count). The summed E-state index contributed by atoms with van der Waals surface area (Å²) in [5, 5.41) is 32.3. The summed E-state index contributed by atoms with van der Waals surface area (Å²) < 4.78 is 0. The van der Waals surface area contributed by atoms with Gasteiger partial charge in [-0.25, -0.2) is 5.43 Å². The lowest BCUT2D eigenvalue weighted by Crippen LogP contribution is -2.07. The first-order valence-electron chi connectivity index (χ1n) is 10.9. The third kappa shape index (κ3) is 6.36. The average Bonchev–Trinajstić information content (AvgIpc) is 2.87. The number of non-ortho nitro benzene ring substituents is 1. The van der Waals surface area contributed by atoms with Crippen molar-refractivity contribution in [3.63, 3.8) is 0 Å². The zero-order valence-electron chi connectivity index (χ0n) is 19.7. The average molecular weight is 499 g/mol.